The zero-order valence-electron chi connectivity index (χ0n) is 22.9. The van der Waals surface area contributed by atoms with Gasteiger partial charge in [0.05, 0.1) is 29.3 Å². The maximum atomic E-state index is 13.7. The van der Waals surface area contributed by atoms with Gasteiger partial charge in [0.2, 0.25) is 21.8 Å². The SMILES string of the molecule is Cc1cc(-c2nnc(-c3ccc(NS(=O)(=O)CCO)cc3N3CCC4(CC3)CC4)o2)nc(C2CCC(F)(F)CC2)n1. The molecule has 3 aliphatic rings. The van der Waals surface area contributed by atoms with Crippen LogP contribution in [0, 0.1) is 12.3 Å². The van der Waals surface area contributed by atoms with Crippen LogP contribution in [0.5, 0.6) is 0 Å². The second kappa shape index (κ2) is 10.6. The Kier molecular flexibility index (Phi) is 7.21. The molecule has 0 bridgehead atoms. The van der Waals surface area contributed by atoms with Gasteiger partial charge < -0.3 is 14.4 Å². The number of nitrogens with zero attached hydrogens (tertiary/aromatic N) is 5. The predicted molar refractivity (Wildman–Crippen MR) is 149 cm³/mol. The number of alkyl halides is 2. The zero-order chi connectivity index (χ0) is 28.8. The summed E-state index contributed by atoms with van der Waals surface area (Å²) in [7, 11) is -3.70. The van der Waals surface area contributed by atoms with Crippen LogP contribution in [0.25, 0.3) is 23.0 Å². The Hall–Kier alpha value is -3.19. The fraction of sp³-hybridized carbons (Fsp3) is 0.571. The number of benzene rings is 1. The van der Waals surface area contributed by atoms with Crippen molar-refractivity contribution in [2.45, 2.75) is 70.1 Å². The van der Waals surface area contributed by atoms with Crippen molar-refractivity contribution in [3.8, 4) is 23.0 Å². The molecule has 3 fully saturated rings. The number of anilines is 2. The van der Waals surface area contributed by atoms with Gasteiger partial charge in [0, 0.05) is 37.5 Å². The third-order valence-corrected chi connectivity index (χ3v) is 9.85. The van der Waals surface area contributed by atoms with Crippen LogP contribution in [0.15, 0.2) is 28.7 Å². The number of aromatic nitrogens is 4. The quantitative estimate of drug-likeness (QED) is 0.376. The third kappa shape index (κ3) is 6.20. The summed E-state index contributed by atoms with van der Waals surface area (Å²) >= 11 is 0. The first-order chi connectivity index (χ1) is 19.5. The highest BCUT2D eigenvalue weighted by Crippen LogP contribution is 2.54. The Morgan fingerprint density at radius 2 is 1.73 bits per heavy atom. The molecule has 0 atom stereocenters. The van der Waals surface area contributed by atoms with Gasteiger partial charge in [-0.05, 0) is 75.1 Å². The number of nitrogens with one attached hydrogen (secondary N) is 1. The average Bonchev–Trinajstić information content (AvgIpc) is 3.48. The van der Waals surface area contributed by atoms with E-state index >= 15 is 0 Å². The number of rotatable bonds is 8. The molecule has 2 N–H and O–H groups in total. The summed E-state index contributed by atoms with van der Waals surface area (Å²) < 4.78 is 60.7. The van der Waals surface area contributed by atoms with Crippen molar-refractivity contribution in [2.75, 3.05) is 35.1 Å². The first-order valence-electron chi connectivity index (χ1n) is 14.1. The average molecular weight is 589 g/mol. The Morgan fingerprint density at radius 1 is 1.02 bits per heavy atom. The number of aliphatic hydroxyl groups excluding tert-OH is 1. The largest absolute Gasteiger partial charge is 0.415 e. The van der Waals surface area contributed by atoms with E-state index in [0.29, 0.717) is 46.7 Å². The zero-order valence-corrected chi connectivity index (χ0v) is 23.8. The standard InChI is InChI=1S/C28H34F2N6O4S/c1-18-16-22(32-24(31-18)19-4-6-28(29,30)7-5-19)26-34-33-25(40-26)21-3-2-20(35-41(38,39)15-14-37)17-23(21)36-12-10-27(8-9-27)11-13-36/h2-3,16-17,19,35,37H,4-15H2,1H3. The monoisotopic (exact) mass is 588 g/mol. The molecule has 2 aromatic heterocycles. The van der Waals surface area contributed by atoms with Crippen molar-refractivity contribution >= 4 is 21.4 Å². The molecule has 1 saturated heterocycles. The van der Waals surface area contributed by atoms with Crippen LogP contribution in [0.2, 0.25) is 0 Å². The van der Waals surface area contributed by atoms with Gasteiger partial charge in [-0.15, -0.1) is 10.2 Å². The molecule has 3 aromatic rings. The molecule has 220 valence electrons. The van der Waals surface area contributed by atoms with E-state index in [2.05, 4.69) is 29.8 Å². The van der Waals surface area contributed by atoms with Gasteiger partial charge in [-0.25, -0.2) is 27.2 Å². The van der Waals surface area contributed by atoms with Crippen LogP contribution in [0.1, 0.15) is 68.8 Å². The lowest BCUT2D eigenvalue weighted by Gasteiger charge is -2.35. The molecule has 3 heterocycles. The van der Waals surface area contributed by atoms with Crippen LogP contribution in [-0.4, -0.2) is 65.1 Å². The highest BCUT2D eigenvalue weighted by molar-refractivity contribution is 7.92. The molecule has 0 radical (unpaired) electrons. The summed E-state index contributed by atoms with van der Waals surface area (Å²) in [5.41, 5.74) is 3.41. The van der Waals surface area contributed by atoms with Gasteiger partial charge in [-0.2, -0.15) is 0 Å². The molecule has 6 rings (SSSR count). The summed E-state index contributed by atoms with van der Waals surface area (Å²) in [5, 5.41) is 17.7. The first kappa shape index (κ1) is 28.0. The minimum Gasteiger partial charge on any atom is -0.415 e. The van der Waals surface area contributed by atoms with Crippen molar-refractivity contribution in [2.24, 2.45) is 5.41 Å². The van der Waals surface area contributed by atoms with Gasteiger partial charge in [0.15, 0.2) is 0 Å². The van der Waals surface area contributed by atoms with E-state index in [-0.39, 0.29) is 30.5 Å². The van der Waals surface area contributed by atoms with E-state index < -0.39 is 28.3 Å². The Balaban J connectivity index is 1.30. The minimum absolute atomic E-state index is 0.154. The number of hydrogen-bond donors (Lipinski definition) is 2. The van der Waals surface area contributed by atoms with E-state index in [1.54, 1.807) is 24.3 Å². The van der Waals surface area contributed by atoms with Crippen molar-refractivity contribution in [1.82, 2.24) is 20.2 Å². The second-order valence-electron chi connectivity index (χ2n) is 11.7. The summed E-state index contributed by atoms with van der Waals surface area (Å²) in [4.78, 5) is 11.4. The molecule has 2 saturated carbocycles. The number of halogens is 2. The van der Waals surface area contributed by atoms with E-state index in [0.717, 1.165) is 31.6 Å². The topological polar surface area (TPSA) is 134 Å². The third-order valence-electron chi connectivity index (χ3n) is 8.58. The van der Waals surface area contributed by atoms with Crippen molar-refractivity contribution < 1.29 is 26.7 Å². The molecular formula is C28H34F2N6O4S. The lowest BCUT2D eigenvalue weighted by molar-refractivity contribution is -0.0387. The Morgan fingerprint density at radius 3 is 2.41 bits per heavy atom. The number of aryl methyl sites for hydroxylation is 1. The number of hydrogen-bond acceptors (Lipinski definition) is 9. The minimum atomic E-state index is -3.70. The van der Waals surface area contributed by atoms with E-state index in [1.165, 1.54) is 12.8 Å². The molecule has 1 aliphatic heterocycles. The van der Waals surface area contributed by atoms with Gasteiger partial charge in [-0.3, -0.25) is 4.72 Å². The number of piperidine rings is 1. The molecule has 0 amide bonds. The van der Waals surface area contributed by atoms with Crippen LogP contribution in [0.4, 0.5) is 20.2 Å². The van der Waals surface area contributed by atoms with Crippen LogP contribution >= 0.6 is 0 Å². The second-order valence-corrected chi connectivity index (χ2v) is 13.5. The number of aliphatic hydroxyl groups is 1. The smallest absolute Gasteiger partial charge is 0.266 e. The fourth-order valence-electron chi connectivity index (χ4n) is 5.90. The summed E-state index contributed by atoms with van der Waals surface area (Å²) in [5.74, 6) is -2.21. The lowest BCUT2D eigenvalue weighted by Crippen LogP contribution is -2.34. The molecular weight excluding hydrogens is 554 g/mol. The number of sulfonamides is 1. The van der Waals surface area contributed by atoms with Gasteiger partial charge in [0.25, 0.3) is 5.89 Å². The summed E-state index contributed by atoms with van der Waals surface area (Å²) in [6.07, 6.45) is 4.93. The predicted octanol–water partition coefficient (Wildman–Crippen LogP) is 4.91. The van der Waals surface area contributed by atoms with E-state index in [9.17, 15) is 17.2 Å². The highest BCUT2D eigenvalue weighted by atomic mass is 32.2. The lowest BCUT2D eigenvalue weighted by atomic mass is 9.86. The summed E-state index contributed by atoms with van der Waals surface area (Å²) in [6, 6.07) is 6.89. The van der Waals surface area contributed by atoms with Crippen LogP contribution < -0.4 is 9.62 Å². The maximum absolute atomic E-state index is 13.7. The Labute approximate surface area is 237 Å². The first-order valence-corrected chi connectivity index (χ1v) is 15.8. The van der Waals surface area contributed by atoms with Crippen molar-refractivity contribution in [3.05, 3.63) is 35.8 Å². The van der Waals surface area contributed by atoms with Crippen molar-refractivity contribution in [3.63, 3.8) is 0 Å². The van der Waals surface area contributed by atoms with Crippen molar-refractivity contribution in [1.29, 1.82) is 0 Å². The van der Waals surface area contributed by atoms with Crippen LogP contribution in [0.3, 0.4) is 0 Å². The fourth-order valence-corrected chi connectivity index (χ4v) is 6.73. The van der Waals surface area contributed by atoms with E-state index in [1.807, 2.05) is 6.92 Å². The van der Waals surface area contributed by atoms with E-state index in [4.69, 9.17) is 9.52 Å². The van der Waals surface area contributed by atoms with Crippen LogP contribution in [-0.2, 0) is 10.0 Å². The molecule has 0 unspecified atom stereocenters. The van der Waals surface area contributed by atoms with Gasteiger partial charge >= 0.3 is 0 Å². The highest BCUT2D eigenvalue weighted by Gasteiger charge is 2.44. The van der Waals surface area contributed by atoms with Gasteiger partial charge in [-0.1, -0.05) is 0 Å². The molecule has 10 nitrogen and oxygen atoms in total. The summed E-state index contributed by atoms with van der Waals surface area (Å²) in [6.45, 7) is 3.00. The Bertz CT molecular complexity index is 1520. The maximum Gasteiger partial charge on any atom is 0.266 e. The molecule has 13 heteroatoms. The normalized spacial score (nSPS) is 20.3. The van der Waals surface area contributed by atoms with Gasteiger partial charge in [0.1, 0.15) is 11.5 Å². The molecule has 1 spiro atoms. The molecule has 1 aromatic carbocycles. The molecule has 41 heavy (non-hydrogen) atoms. The molecule has 2 aliphatic carbocycles.